The van der Waals surface area contributed by atoms with Crippen LogP contribution in [0.25, 0.3) is 0 Å². The Morgan fingerprint density at radius 2 is 1.90 bits per heavy atom. The number of nitrogens with zero attached hydrogens (tertiary/aromatic N) is 1. The molecule has 102 valence electrons. The van der Waals surface area contributed by atoms with E-state index in [-0.39, 0.29) is 12.5 Å². The van der Waals surface area contributed by atoms with Crippen molar-refractivity contribution in [2.45, 2.75) is 0 Å². The van der Waals surface area contributed by atoms with Gasteiger partial charge in [-0.2, -0.15) is 5.26 Å². The molecular weight excluding hydrogens is 264 g/mol. The lowest BCUT2D eigenvalue weighted by Crippen LogP contribution is -2.12. The molecule has 2 aromatic rings. The molecule has 0 saturated carbocycles. The molecule has 0 aliphatic heterocycles. The van der Waals surface area contributed by atoms with Gasteiger partial charge in [-0.25, -0.2) is 0 Å². The van der Waals surface area contributed by atoms with Crippen LogP contribution < -0.4 is 10.1 Å². The van der Waals surface area contributed by atoms with E-state index in [0.717, 1.165) is 0 Å². The van der Waals surface area contributed by atoms with E-state index in [4.69, 9.17) is 16.4 Å². The predicted molar refractivity (Wildman–Crippen MR) is 79.9 cm³/mol. The summed E-state index contributed by atoms with van der Waals surface area (Å²) in [6.45, 7) is 0.182. The fourth-order valence-electron chi connectivity index (χ4n) is 1.71. The third-order valence-corrected chi connectivity index (χ3v) is 2.73. The van der Waals surface area contributed by atoms with Crippen molar-refractivity contribution in [2.75, 3.05) is 11.9 Å². The first kappa shape index (κ1) is 14.2. The molecule has 2 rings (SSSR count). The van der Waals surface area contributed by atoms with Crippen LogP contribution in [-0.4, -0.2) is 12.5 Å². The molecule has 1 N–H and O–H groups in total. The Bertz CT molecular complexity index is 722. The van der Waals surface area contributed by atoms with Crippen molar-refractivity contribution in [3.63, 3.8) is 0 Å². The van der Waals surface area contributed by atoms with E-state index < -0.39 is 0 Å². The number of amides is 1. The summed E-state index contributed by atoms with van der Waals surface area (Å²) < 4.78 is 5.23. The van der Waals surface area contributed by atoms with Crippen LogP contribution in [0.3, 0.4) is 0 Å². The second-order valence-electron chi connectivity index (χ2n) is 4.13. The number of benzene rings is 2. The second-order valence-corrected chi connectivity index (χ2v) is 4.13. The van der Waals surface area contributed by atoms with Gasteiger partial charge in [0, 0.05) is 5.56 Å². The summed E-state index contributed by atoms with van der Waals surface area (Å²) in [5.41, 5.74) is 1.37. The Hall–Kier alpha value is -3.24. The highest BCUT2D eigenvalue weighted by Crippen LogP contribution is 2.16. The molecule has 1 amide bonds. The maximum Gasteiger partial charge on any atom is 0.255 e. The van der Waals surface area contributed by atoms with E-state index in [9.17, 15) is 4.79 Å². The lowest BCUT2D eigenvalue weighted by Gasteiger charge is -2.07. The summed E-state index contributed by atoms with van der Waals surface area (Å²) in [6, 6.07) is 15.5. The van der Waals surface area contributed by atoms with Crippen molar-refractivity contribution in [2.24, 2.45) is 0 Å². The maximum atomic E-state index is 12.1. The Kier molecular flexibility index (Phi) is 4.58. The molecule has 0 radical (unpaired) electrons. The van der Waals surface area contributed by atoms with E-state index >= 15 is 0 Å². The molecule has 0 saturated heterocycles. The highest BCUT2D eigenvalue weighted by Gasteiger charge is 2.08. The summed E-state index contributed by atoms with van der Waals surface area (Å²) >= 11 is 0. The molecule has 0 aromatic heterocycles. The number of ether oxygens (including phenoxy) is 1. The normalized spacial score (nSPS) is 9.24. The molecule has 2 aromatic carbocycles. The van der Waals surface area contributed by atoms with Crippen LogP contribution in [0.4, 0.5) is 5.69 Å². The number of carbonyl (C=O) groups is 1. The van der Waals surface area contributed by atoms with Crippen molar-refractivity contribution in [1.82, 2.24) is 0 Å². The van der Waals surface area contributed by atoms with Gasteiger partial charge >= 0.3 is 0 Å². The molecule has 0 aliphatic carbocycles. The molecular formula is C17H12N2O2. The number of hydrogen-bond donors (Lipinski definition) is 1. The third kappa shape index (κ3) is 3.62. The lowest BCUT2D eigenvalue weighted by molar-refractivity contribution is 0.102. The largest absolute Gasteiger partial charge is 0.481 e. The first-order valence-electron chi connectivity index (χ1n) is 6.21. The minimum atomic E-state index is -0.291. The molecule has 0 heterocycles. The quantitative estimate of drug-likeness (QED) is 0.873. The number of rotatable bonds is 4. The smallest absolute Gasteiger partial charge is 0.255 e. The van der Waals surface area contributed by atoms with Crippen molar-refractivity contribution in [3.05, 3.63) is 59.7 Å². The number of hydrogen-bond acceptors (Lipinski definition) is 3. The average Bonchev–Trinajstić information content (AvgIpc) is 2.54. The summed E-state index contributed by atoms with van der Waals surface area (Å²) in [7, 11) is 0. The maximum absolute atomic E-state index is 12.1. The number of nitriles is 1. The number of para-hydroxylation sites is 1. The number of anilines is 1. The third-order valence-electron chi connectivity index (χ3n) is 2.73. The van der Waals surface area contributed by atoms with Gasteiger partial charge in [-0.05, 0) is 36.4 Å². The van der Waals surface area contributed by atoms with Crippen molar-refractivity contribution < 1.29 is 9.53 Å². The van der Waals surface area contributed by atoms with Crippen LogP contribution in [0.2, 0.25) is 0 Å². The standard InChI is InChI=1S/C17H12N2O2/c1-2-11-21-15-9-7-13(8-10-15)17(20)19-16-6-4-3-5-14(16)12-18/h1,3-10H,11H2,(H,19,20). The van der Waals surface area contributed by atoms with E-state index in [1.54, 1.807) is 48.5 Å². The zero-order valence-electron chi connectivity index (χ0n) is 11.2. The summed E-state index contributed by atoms with van der Waals surface area (Å²) in [4.78, 5) is 12.1. The first-order valence-corrected chi connectivity index (χ1v) is 6.21. The van der Waals surface area contributed by atoms with Crippen molar-refractivity contribution in [1.29, 1.82) is 5.26 Å². The Morgan fingerprint density at radius 1 is 1.19 bits per heavy atom. The molecule has 21 heavy (non-hydrogen) atoms. The minimum absolute atomic E-state index is 0.182. The van der Waals surface area contributed by atoms with Crippen LogP contribution in [0.15, 0.2) is 48.5 Å². The molecule has 4 heteroatoms. The van der Waals surface area contributed by atoms with E-state index in [0.29, 0.717) is 22.6 Å². The number of carbonyl (C=O) groups excluding carboxylic acids is 1. The predicted octanol–water partition coefficient (Wildman–Crippen LogP) is 2.82. The molecule has 0 spiro atoms. The average molecular weight is 276 g/mol. The first-order chi connectivity index (χ1) is 10.2. The van der Waals surface area contributed by atoms with Gasteiger partial charge < -0.3 is 10.1 Å². The van der Waals surface area contributed by atoms with Crippen molar-refractivity contribution in [3.8, 4) is 24.2 Å². The van der Waals surface area contributed by atoms with Gasteiger partial charge in [0.2, 0.25) is 0 Å². The highest BCUT2D eigenvalue weighted by atomic mass is 16.5. The highest BCUT2D eigenvalue weighted by molar-refractivity contribution is 6.04. The monoisotopic (exact) mass is 276 g/mol. The minimum Gasteiger partial charge on any atom is -0.481 e. The molecule has 0 fully saturated rings. The van der Waals surface area contributed by atoms with E-state index in [2.05, 4.69) is 11.2 Å². The van der Waals surface area contributed by atoms with Crippen LogP contribution >= 0.6 is 0 Å². The van der Waals surface area contributed by atoms with Gasteiger partial charge in [-0.15, -0.1) is 6.42 Å². The summed E-state index contributed by atoms with van der Waals surface area (Å²) in [6.07, 6.45) is 5.10. The molecule has 0 unspecified atom stereocenters. The van der Waals surface area contributed by atoms with E-state index in [1.165, 1.54) is 0 Å². The zero-order valence-corrected chi connectivity index (χ0v) is 11.2. The van der Waals surface area contributed by atoms with Gasteiger partial charge in [0.1, 0.15) is 18.4 Å². The molecule has 0 aliphatic rings. The van der Waals surface area contributed by atoms with Gasteiger partial charge in [-0.3, -0.25) is 4.79 Å². The molecule has 0 bridgehead atoms. The van der Waals surface area contributed by atoms with Gasteiger partial charge in [0.25, 0.3) is 5.91 Å². The zero-order chi connectivity index (χ0) is 15.1. The van der Waals surface area contributed by atoms with Crippen LogP contribution in [-0.2, 0) is 0 Å². The Balaban J connectivity index is 2.10. The van der Waals surface area contributed by atoms with Gasteiger partial charge in [-0.1, -0.05) is 18.1 Å². The van der Waals surface area contributed by atoms with Gasteiger partial charge in [0.05, 0.1) is 11.3 Å². The van der Waals surface area contributed by atoms with Crippen LogP contribution in [0.1, 0.15) is 15.9 Å². The molecule has 0 atom stereocenters. The topological polar surface area (TPSA) is 62.1 Å². The second kappa shape index (κ2) is 6.79. The molecule has 4 nitrogen and oxygen atoms in total. The van der Waals surface area contributed by atoms with Crippen LogP contribution in [0, 0.1) is 23.7 Å². The van der Waals surface area contributed by atoms with Crippen LogP contribution in [0.5, 0.6) is 5.75 Å². The Morgan fingerprint density at radius 3 is 2.57 bits per heavy atom. The SMILES string of the molecule is C#CCOc1ccc(C(=O)Nc2ccccc2C#N)cc1. The summed E-state index contributed by atoms with van der Waals surface area (Å²) in [5, 5.41) is 11.7. The van der Waals surface area contributed by atoms with E-state index in [1.807, 2.05) is 6.07 Å². The lowest BCUT2D eigenvalue weighted by atomic mass is 10.1. The number of terminal acetylenes is 1. The van der Waals surface area contributed by atoms with Gasteiger partial charge in [0.15, 0.2) is 0 Å². The number of nitrogens with one attached hydrogen (secondary N) is 1. The van der Waals surface area contributed by atoms with Crippen molar-refractivity contribution >= 4 is 11.6 Å². The fourth-order valence-corrected chi connectivity index (χ4v) is 1.71. The fraction of sp³-hybridized carbons (Fsp3) is 0.0588. The summed E-state index contributed by atoms with van der Waals surface area (Å²) in [5.74, 6) is 2.68. The Labute approximate surface area is 123 Å².